The minimum absolute atomic E-state index is 0.456. The summed E-state index contributed by atoms with van der Waals surface area (Å²) in [6.07, 6.45) is 0. The fourth-order valence-corrected chi connectivity index (χ4v) is 3.00. The average molecular weight is 434 g/mol. The molecule has 21 heavy (non-hydrogen) atoms. The van der Waals surface area contributed by atoms with Crippen molar-refractivity contribution < 1.29 is 4.74 Å². The summed E-state index contributed by atoms with van der Waals surface area (Å²) in [5.74, 6) is 1.51. The van der Waals surface area contributed by atoms with Crippen LogP contribution in [0.25, 0.3) is 0 Å². The van der Waals surface area contributed by atoms with E-state index in [9.17, 15) is 0 Å². The predicted octanol–water partition coefficient (Wildman–Crippen LogP) is 6.16. The van der Waals surface area contributed by atoms with Crippen LogP contribution in [-0.4, -0.2) is 6.04 Å². The van der Waals surface area contributed by atoms with Crippen molar-refractivity contribution in [3.05, 3.63) is 55.9 Å². The van der Waals surface area contributed by atoms with E-state index in [1.165, 1.54) is 5.56 Å². The molecule has 2 aromatic carbocycles. The Bertz CT molecular complexity index is 632. The monoisotopic (exact) mass is 431 g/mol. The molecule has 0 amide bonds. The lowest BCUT2D eigenvalue weighted by atomic mass is 10.2. The van der Waals surface area contributed by atoms with Gasteiger partial charge in [0.1, 0.15) is 11.5 Å². The number of ether oxygens (including phenoxy) is 1. The Labute approximate surface area is 147 Å². The molecule has 0 saturated carbocycles. The van der Waals surface area contributed by atoms with Crippen molar-refractivity contribution in [3.8, 4) is 11.5 Å². The second kappa shape index (κ2) is 7.63. The summed E-state index contributed by atoms with van der Waals surface area (Å²) in [5, 5.41) is 4.07. The molecule has 0 heterocycles. The van der Waals surface area contributed by atoms with E-state index in [-0.39, 0.29) is 0 Å². The maximum Gasteiger partial charge on any atom is 0.141 e. The molecule has 2 aromatic rings. The van der Waals surface area contributed by atoms with E-state index in [0.717, 1.165) is 27.0 Å². The molecule has 0 aliphatic heterocycles. The van der Waals surface area contributed by atoms with Gasteiger partial charge in [0.05, 0.1) is 4.47 Å². The Hall–Kier alpha value is -0.550. The second-order valence-corrected chi connectivity index (χ2v) is 7.11. The molecule has 0 aliphatic rings. The first-order chi connectivity index (χ1) is 9.95. The smallest absolute Gasteiger partial charge is 0.141 e. The van der Waals surface area contributed by atoms with Gasteiger partial charge in [0.25, 0.3) is 0 Å². The van der Waals surface area contributed by atoms with Crippen molar-refractivity contribution in [2.24, 2.45) is 0 Å². The van der Waals surface area contributed by atoms with Crippen LogP contribution in [0, 0.1) is 0 Å². The number of benzene rings is 2. The van der Waals surface area contributed by atoms with E-state index >= 15 is 0 Å². The predicted molar refractivity (Wildman–Crippen MR) is 95.3 cm³/mol. The maximum atomic E-state index is 5.93. The van der Waals surface area contributed by atoms with E-state index in [1.807, 2.05) is 24.3 Å². The number of nitrogens with one attached hydrogen (secondary N) is 1. The molecular formula is C16H16Br2ClNO. The van der Waals surface area contributed by atoms with Gasteiger partial charge in [-0.25, -0.2) is 0 Å². The third-order valence-corrected chi connectivity index (χ3v) is 4.44. The molecule has 0 spiro atoms. The Morgan fingerprint density at radius 1 is 1.10 bits per heavy atom. The van der Waals surface area contributed by atoms with Crippen LogP contribution in [-0.2, 0) is 6.54 Å². The SMILES string of the molecule is CC(C)NCc1ccc(Oc2ccc(Cl)cc2Br)cc1Br. The first-order valence-corrected chi connectivity index (χ1v) is 8.57. The van der Waals surface area contributed by atoms with Gasteiger partial charge in [0.15, 0.2) is 0 Å². The zero-order valence-corrected chi connectivity index (χ0v) is 15.7. The van der Waals surface area contributed by atoms with Crippen LogP contribution in [0.5, 0.6) is 11.5 Å². The van der Waals surface area contributed by atoms with Crippen LogP contribution >= 0.6 is 43.5 Å². The first-order valence-electron chi connectivity index (χ1n) is 6.60. The summed E-state index contributed by atoms with van der Waals surface area (Å²) < 4.78 is 7.73. The number of hydrogen-bond donors (Lipinski definition) is 1. The lowest BCUT2D eigenvalue weighted by Gasteiger charge is -2.12. The molecule has 0 unspecified atom stereocenters. The van der Waals surface area contributed by atoms with E-state index < -0.39 is 0 Å². The quantitative estimate of drug-likeness (QED) is 0.610. The van der Waals surface area contributed by atoms with Crippen LogP contribution < -0.4 is 10.1 Å². The third kappa shape index (κ3) is 4.99. The summed E-state index contributed by atoms with van der Waals surface area (Å²) in [6.45, 7) is 5.08. The molecule has 2 rings (SSSR count). The molecule has 2 nitrogen and oxygen atoms in total. The lowest BCUT2D eigenvalue weighted by molar-refractivity contribution is 0.478. The minimum atomic E-state index is 0.456. The standard InChI is InChI=1S/C16H16Br2ClNO/c1-10(2)20-9-11-3-5-13(8-14(11)17)21-16-6-4-12(19)7-15(16)18/h3-8,10,20H,9H2,1-2H3. The molecule has 1 N–H and O–H groups in total. The van der Waals surface area contributed by atoms with Gasteiger partial charge in [-0.1, -0.05) is 47.4 Å². The Kier molecular flexibility index (Phi) is 6.11. The Morgan fingerprint density at radius 2 is 1.86 bits per heavy atom. The number of hydrogen-bond acceptors (Lipinski definition) is 2. The summed E-state index contributed by atoms with van der Waals surface area (Å²) in [6, 6.07) is 11.9. The van der Waals surface area contributed by atoms with Gasteiger partial charge in [0, 0.05) is 22.1 Å². The highest BCUT2D eigenvalue weighted by molar-refractivity contribution is 9.10. The van der Waals surface area contributed by atoms with Crippen molar-refractivity contribution >= 4 is 43.5 Å². The fourth-order valence-electron chi connectivity index (χ4n) is 1.73. The van der Waals surface area contributed by atoms with E-state index in [1.54, 1.807) is 6.07 Å². The van der Waals surface area contributed by atoms with Crippen LogP contribution in [0.15, 0.2) is 45.3 Å². The Morgan fingerprint density at radius 3 is 2.48 bits per heavy atom. The Balaban J connectivity index is 2.12. The normalized spacial score (nSPS) is 11.0. The van der Waals surface area contributed by atoms with Crippen LogP contribution in [0.2, 0.25) is 5.02 Å². The van der Waals surface area contributed by atoms with Gasteiger partial charge in [0.2, 0.25) is 0 Å². The van der Waals surface area contributed by atoms with E-state index in [2.05, 4.69) is 57.1 Å². The average Bonchev–Trinajstić information content (AvgIpc) is 2.41. The van der Waals surface area contributed by atoms with Crippen molar-refractivity contribution in [2.45, 2.75) is 26.4 Å². The molecule has 0 atom stereocenters. The highest BCUT2D eigenvalue weighted by Gasteiger charge is 2.07. The highest BCUT2D eigenvalue weighted by atomic mass is 79.9. The summed E-state index contributed by atoms with van der Waals surface area (Å²) >= 11 is 13.0. The molecule has 0 fully saturated rings. The topological polar surface area (TPSA) is 21.3 Å². The molecule has 0 aromatic heterocycles. The largest absolute Gasteiger partial charge is 0.456 e. The maximum absolute atomic E-state index is 5.93. The number of halogens is 3. The fraction of sp³-hybridized carbons (Fsp3) is 0.250. The lowest BCUT2D eigenvalue weighted by Crippen LogP contribution is -2.21. The molecule has 0 radical (unpaired) electrons. The van der Waals surface area contributed by atoms with Gasteiger partial charge in [-0.05, 0) is 51.8 Å². The van der Waals surface area contributed by atoms with E-state index in [4.69, 9.17) is 16.3 Å². The van der Waals surface area contributed by atoms with Crippen LogP contribution in [0.4, 0.5) is 0 Å². The zero-order valence-electron chi connectivity index (χ0n) is 11.8. The molecule has 0 bridgehead atoms. The molecule has 0 aliphatic carbocycles. The van der Waals surface area contributed by atoms with Gasteiger partial charge in [-0.3, -0.25) is 0 Å². The minimum Gasteiger partial charge on any atom is -0.456 e. The second-order valence-electron chi connectivity index (χ2n) is 4.97. The molecular weight excluding hydrogens is 417 g/mol. The van der Waals surface area contributed by atoms with Crippen molar-refractivity contribution in [1.29, 1.82) is 0 Å². The zero-order chi connectivity index (χ0) is 15.4. The summed E-state index contributed by atoms with van der Waals surface area (Å²) in [4.78, 5) is 0. The van der Waals surface area contributed by atoms with Crippen molar-refractivity contribution in [3.63, 3.8) is 0 Å². The summed E-state index contributed by atoms with van der Waals surface area (Å²) in [7, 11) is 0. The first kappa shape index (κ1) is 16.8. The van der Waals surface area contributed by atoms with E-state index in [0.29, 0.717) is 11.1 Å². The molecule has 5 heteroatoms. The molecule has 112 valence electrons. The van der Waals surface area contributed by atoms with Crippen molar-refractivity contribution in [1.82, 2.24) is 5.32 Å². The molecule has 0 saturated heterocycles. The third-order valence-electron chi connectivity index (χ3n) is 2.85. The van der Waals surface area contributed by atoms with Gasteiger partial charge in [-0.15, -0.1) is 0 Å². The van der Waals surface area contributed by atoms with Crippen molar-refractivity contribution in [2.75, 3.05) is 0 Å². The van der Waals surface area contributed by atoms with Crippen LogP contribution in [0.3, 0.4) is 0 Å². The van der Waals surface area contributed by atoms with Gasteiger partial charge in [-0.2, -0.15) is 0 Å². The van der Waals surface area contributed by atoms with Crippen LogP contribution in [0.1, 0.15) is 19.4 Å². The van der Waals surface area contributed by atoms with Gasteiger partial charge >= 0.3 is 0 Å². The summed E-state index contributed by atoms with van der Waals surface area (Å²) in [5.41, 5.74) is 1.20. The van der Waals surface area contributed by atoms with Gasteiger partial charge < -0.3 is 10.1 Å². The highest BCUT2D eigenvalue weighted by Crippen LogP contribution is 2.33. The number of rotatable bonds is 5.